The van der Waals surface area contributed by atoms with Gasteiger partial charge in [0.15, 0.2) is 5.96 Å². The van der Waals surface area contributed by atoms with Crippen LogP contribution >= 0.6 is 0 Å². The number of aliphatic imine (C=N–C) groups is 1. The molecule has 1 aromatic carbocycles. The Morgan fingerprint density at radius 3 is 2.70 bits per heavy atom. The zero-order valence-electron chi connectivity index (χ0n) is 17.6. The summed E-state index contributed by atoms with van der Waals surface area (Å²) < 4.78 is 18.6. The second-order valence-electron chi connectivity index (χ2n) is 7.56. The van der Waals surface area contributed by atoms with Gasteiger partial charge in [-0.15, -0.1) is 0 Å². The number of likely N-dealkylation sites (tertiary alicyclic amines) is 1. The first-order chi connectivity index (χ1) is 14.4. The van der Waals surface area contributed by atoms with Crippen molar-refractivity contribution < 1.29 is 13.9 Å². The fourth-order valence-electron chi connectivity index (χ4n) is 3.22. The summed E-state index contributed by atoms with van der Waals surface area (Å²) in [5.41, 5.74) is 0.965. The van der Waals surface area contributed by atoms with E-state index in [2.05, 4.69) is 20.6 Å². The second kappa shape index (κ2) is 10.0. The second-order valence-corrected chi connectivity index (χ2v) is 7.56. The highest BCUT2D eigenvalue weighted by Crippen LogP contribution is 2.19. The molecule has 0 aliphatic carbocycles. The van der Waals surface area contributed by atoms with Gasteiger partial charge in [0, 0.05) is 50.9 Å². The maximum absolute atomic E-state index is 13.0. The normalized spacial score (nSPS) is 16.6. The monoisotopic (exact) mass is 413 g/mol. The molecular formula is C22H28FN5O2. The van der Waals surface area contributed by atoms with Gasteiger partial charge in [-0.05, 0) is 36.2 Å². The van der Waals surface area contributed by atoms with Gasteiger partial charge in [-0.2, -0.15) is 0 Å². The first-order valence-corrected chi connectivity index (χ1v) is 10.1. The van der Waals surface area contributed by atoms with E-state index < -0.39 is 0 Å². The standard InChI is InChI=1S/C22H28FN5O2/c1-15(2)21(29)28-11-10-18(14-28)27-22(24-3)26-13-16-4-9-20(25-12-16)30-19-7-5-17(23)6-8-19/h4-9,12,15,18H,10-11,13-14H2,1-3H3,(H2,24,26,27). The topological polar surface area (TPSA) is 78.9 Å². The van der Waals surface area contributed by atoms with Crippen LogP contribution in [-0.2, 0) is 11.3 Å². The number of hydrogen-bond donors (Lipinski definition) is 2. The predicted molar refractivity (Wildman–Crippen MR) is 114 cm³/mol. The summed E-state index contributed by atoms with van der Waals surface area (Å²) >= 11 is 0. The number of halogens is 1. The molecule has 1 unspecified atom stereocenters. The fraction of sp³-hybridized carbons (Fsp3) is 0.409. The van der Waals surface area contributed by atoms with Crippen molar-refractivity contribution in [2.24, 2.45) is 10.9 Å². The Bertz CT molecular complexity index is 868. The molecule has 1 amide bonds. The van der Waals surface area contributed by atoms with E-state index in [0.717, 1.165) is 18.5 Å². The van der Waals surface area contributed by atoms with Crippen molar-refractivity contribution in [3.05, 3.63) is 54.0 Å². The van der Waals surface area contributed by atoms with Gasteiger partial charge in [0.25, 0.3) is 0 Å². The molecule has 1 saturated heterocycles. The predicted octanol–water partition coefficient (Wildman–Crippen LogP) is 2.93. The number of carbonyl (C=O) groups excluding carboxylic acids is 1. The van der Waals surface area contributed by atoms with Crippen LogP contribution in [0.4, 0.5) is 4.39 Å². The SMILES string of the molecule is CN=C(NCc1ccc(Oc2ccc(F)cc2)nc1)NC1CCN(C(=O)C(C)C)C1. The van der Waals surface area contributed by atoms with Crippen LogP contribution < -0.4 is 15.4 Å². The van der Waals surface area contributed by atoms with Crippen molar-refractivity contribution in [1.82, 2.24) is 20.5 Å². The molecule has 2 N–H and O–H groups in total. The molecule has 0 radical (unpaired) electrons. The third kappa shape index (κ3) is 5.92. The van der Waals surface area contributed by atoms with E-state index >= 15 is 0 Å². The van der Waals surface area contributed by atoms with Gasteiger partial charge in [-0.25, -0.2) is 9.37 Å². The summed E-state index contributed by atoms with van der Waals surface area (Å²) in [5, 5.41) is 6.65. The molecule has 1 aliphatic heterocycles. The highest BCUT2D eigenvalue weighted by Gasteiger charge is 2.27. The molecule has 160 valence electrons. The number of hydrogen-bond acceptors (Lipinski definition) is 4. The molecule has 30 heavy (non-hydrogen) atoms. The van der Waals surface area contributed by atoms with Crippen molar-refractivity contribution >= 4 is 11.9 Å². The number of rotatable bonds is 6. The van der Waals surface area contributed by atoms with Gasteiger partial charge in [0.2, 0.25) is 11.8 Å². The molecule has 3 rings (SSSR count). The lowest BCUT2D eigenvalue weighted by Gasteiger charge is -2.20. The number of nitrogens with zero attached hydrogens (tertiary/aromatic N) is 3. The summed E-state index contributed by atoms with van der Waals surface area (Å²) in [5.74, 6) is 1.55. The Morgan fingerprint density at radius 2 is 2.07 bits per heavy atom. The molecule has 1 aliphatic rings. The first-order valence-electron chi connectivity index (χ1n) is 10.1. The number of nitrogens with one attached hydrogen (secondary N) is 2. The molecule has 1 aromatic heterocycles. The Kier molecular flexibility index (Phi) is 7.21. The first kappa shape index (κ1) is 21.5. The zero-order chi connectivity index (χ0) is 21.5. The highest BCUT2D eigenvalue weighted by atomic mass is 19.1. The van der Waals surface area contributed by atoms with Gasteiger partial charge in [-0.1, -0.05) is 19.9 Å². The van der Waals surface area contributed by atoms with Crippen LogP contribution in [-0.4, -0.2) is 47.9 Å². The quantitative estimate of drug-likeness (QED) is 0.562. The number of amides is 1. The van der Waals surface area contributed by atoms with Crippen molar-refractivity contribution in [1.29, 1.82) is 0 Å². The van der Waals surface area contributed by atoms with Gasteiger partial charge in [0.1, 0.15) is 11.6 Å². The van der Waals surface area contributed by atoms with E-state index in [9.17, 15) is 9.18 Å². The molecule has 0 spiro atoms. The van der Waals surface area contributed by atoms with Gasteiger partial charge >= 0.3 is 0 Å². The van der Waals surface area contributed by atoms with Crippen molar-refractivity contribution in [2.75, 3.05) is 20.1 Å². The molecule has 2 heterocycles. The highest BCUT2D eigenvalue weighted by molar-refractivity contribution is 5.81. The van der Waals surface area contributed by atoms with Gasteiger partial charge in [-0.3, -0.25) is 9.79 Å². The summed E-state index contributed by atoms with van der Waals surface area (Å²) in [7, 11) is 1.72. The van der Waals surface area contributed by atoms with Crippen molar-refractivity contribution in [3.8, 4) is 11.6 Å². The molecule has 2 aromatic rings. The number of pyridine rings is 1. The maximum Gasteiger partial charge on any atom is 0.225 e. The Hall–Kier alpha value is -3.16. The molecule has 0 bridgehead atoms. The van der Waals surface area contributed by atoms with E-state index in [4.69, 9.17) is 4.74 Å². The lowest BCUT2D eigenvalue weighted by Crippen LogP contribution is -2.45. The number of ether oxygens (including phenoxy) is 1. The van der Waals surface area contributed by atoms with Crippen LogP contribution in [0.1, 0.15) is 25.8 Å². The summed E-state index contributed by atoms with van der Waals surface area (Å²) in [6.07, 6.45) is 2.62. The Morgan fingerprint density at radius 1 is 1.30 bits per heavy atom. The smallest absolute Gasteiger partial charge is 0.225 e. The number of guanidine groups is 1. The van der Waals surface area contributed by atoms with E-state index in [1.807, 2.05) is 24.8 Å². The average molecular weight is 413 g/mol. The molecule has 1 atom stereocenters. The van der Waals surface area contributed by atoms with E-state index in [1.165, 1.54) is 12.1 Å². The van der Waals surface area contributed by atoms with Crippen LogP contribution in [0.5, 0.6) is 11.6 Å². The van der Waals surface area contributed by atoms with E-state index in [1.54, 1.807) is 31.4 Å². The van der Waals surface area contributed by atoms with E-state index in [0.29, 0.717) is 30.7 Å². The van der Waals surface area contributed by atoms with Crippen LogP contribution in [0.25, 0.3) is 0 Å². The molecule has 0 saturated carbocycles. The lowest BCUT2D eigenvalue weighted by molar-refractivity contribution is -0.133. The molecule has 1 fully saturated rings. The minimum Gasteiger partial charge on any atom is -0.439 e. The summed E-state index contributed by atoms with van der Waals surface area (Å²) in [6.45, 7) is 5.85. The Balaban J connectivity index is 1.47. The summed E-state index contributed by atoms with van der Waals surface area (Å²) in [4.78, 5) is 22.6. The summed E-state index contributed by atoms with van der Waals surface area (Å²) in [6, 6.07) is 9.65. The number of aromatic nitrogens is 1. The maximum atomic E-state index is 13.0. The third-order valence-electron chi connectivity index (χ3n) is 4.85. The minimum atomic E-state index is -0.310. The van der Waals surface area contributed by atoms with Crippen LogP contribution in [0.3, 0.4) is 0 Å². The third-order valence-corrected chi connectivity index (χ3v) is 4.85. The van der Waals surface area contributed by atoms with Crippen molar-refractivity contribution in [2.45, 2.75) is 32.9 Å². The van der Waals surface area contributed by atoms with Crippen LogP contribution in [0, 0.1) is 11.7 Å². The lowest BCUT2D eigenvalue weighted by atomic mass is 10.2. The zero-order valence-corrected chi connectivity index (χ0v) is 17.6. The van der Waals surface area contributed by atoms with E-state index in [-0.39, 0.29) is 23.7 Å². The van der Waals surface area contributed by atoms with Gasteiger partial charge < -0.3 is 20.3 Å². The van der Waals surface area contributed by atoms with Crippen LogP contribution in [0.15, 0.2) is 47.6 Å². The molecule has 8 heteroatoms. The Labute approximate surface area is 176 Å². The minimum absolute atomic E-state index is 0.0173. The largest absolute Gasteiger partial charge is 0.439 e. The average Bonchev–Trinajstić information content (AvgIpc) is 3.21. The fourth-order valence-corrected chi connectivity index (χ4v) is 3.22. The molecular weight excluding hydrogens is 385 g/mol. The van der Waals surface area contributed by atoms with Crippen LogP contribution in [0.2, 0.25) is 0 Å². The van der Waals surface area contributed by atoms with Crippen molar-refractivity contribution in [3.63, 3.8) is 0 Å². The van der Waals surface area contributed by atoms with Gasteiger partial charge in [0.05, 0.1) is 0 Å². The molecule has 7 nitrogen and oxygen atoms in total. The number of carbonyl (C=O) groups is 1. The number of benzene rings is 1.